The molecule has 0 aliphatic carbocycles. The van der Waals surface area contributed by atoms with Crippen LogP contribution in [-0.2, 0) is 0 Å². The summed E-state index contributed by atoms with van der Waals surface area (Å²) in [4.78, 5) is 2.35. The Balaban J connectivity index is 2.18. The van der Waals surface area contributed by atoms with E-state index in [1.165, 1.54) is 17.2 Å². The predicted molar refractivity (Wildman–Crippen MR) is 59.2 cm³/mol. The minimum atomic E-state index is 0.842. The molecule has 0 bridgehead atoms. The molecule has 0 amide bonds. The molecule has 1 aliphatic rings. The van der Waals surface area contributed by atoms with Crippen molar-refractivity contribution in [3.05, 3.63) is 24.3 Å². The molecule has 1 radical (unpaired) electrons. The van der Waals surface area contributed by atoms with Gasteiger partial charge in [-0.1, -0.05) is 6.07 Å². The minimum Gasteiger partial charge on any atom is -0.397 e. The molecule has 0 spiro atoms. The SMILES string of the molecule is Nc1c[c]ccc1N1CCSCC1. The smallest absolute Gasteiger partial charge is 0.0600 e. The number of rotatable bonds is 1. The number of nitrogen functional groups attached to an aromatic ring is 1. The third kappa shape index (κ3) is 1.91. The van der Waals surface area contributed by atoms with E-state index in [0.717, 1.165) is 18.8 Å². The molecular formula is C10H13N2S. The van der Waals surface area contributed by atoms with Gasteiger partial charge in [0.05, 0.1) is 11.4 Å². The number of nitrogens with zero attached hydrogens (tertiary/aromatic N) is 1. The van der Waals surface area contributed by atoms with Crippen LogP contribution in [0.1, 0.15) is 0 Å². The Morgan fingerprint density at radius 2 is 2.15 bits per heavy atom. The number of hydrogen-bond donors (Lipinski definition) is 1. The van der Waals surface area contributed by atoms with E-state index in [2.05, 4.69) is 11.0 Å². The number of thioether (sulfide) groups is 1. The van der Waals surface area contributed by atoms with E-state index in [0.29, 0.717) is 0 Å². The number of benzene rings is 1. The lowest BCUT2D eigenvalue weighted by Crippen LogP contribution is -2.32. The fraction of sp³-hybridized carbons (Fsp3) is 0.400. The second kappa shape index (κ2) is 3.92. The van der Waals surface area contributed by atoms with E-state index in [1.807, 2.05) is 30.0 Å². The lowest BCUT2D eigenvalue weighted by Gasteiger charge is -2.29. The summed E-state index contributed by atoms with van der Waals surface area (Å²) in [7, 11) is 0. The molecule has 1 saturated heterocycles. The maximum Gasteiger partial charge on any atom is 0.0600 e. The van der Waals surface area contributed by atoms with Crippen LogP contribution in [0.3, 0.4) is 0 Å². The molecule has 1 aliphatic heterocycles. The van der Waals surface area contributed by atoms with Gasteiger partial charge in [0.2, 0.25) is 0 Å². The van der Waals surface area contributed by atoms with Crippen molar-refractivity contribution in [1.82, 2.24) is 0 Å². The molecule has 2 N–H and O–H groups in total. The van der Waals surface area contributed by atoms with Gasteiger partial charge >= 0.3 is 0 Å². The first-order valence-electron chi connectivity index (χ1n) is 4.46. The van der Waals surface area contributed by atoms with Crippen LogP contribution in [0.4, 0.5) is 11.4 Å². The van der Waals surface area contributed by atoms with Gasteiger partial charge < -0.3 is 10.6 Å². The van der Waals surface area contributed by atoms with Crippen LogP contribution >= 0.6 is 11.8 Å². The molecule has 0 aromatic heterocycles. The van der Waals surface area contributed by atoms with Crippen molar-refractivity contribution in [2.75, 3.05) is 35.2 Å². The first kappa shape index (κ1) is 8.75. The van der Waals surface area contributed by atoms with E-state index in [4.69, 9.17) is 5.73 Å². The molecular weight excluding hydrogens is 180 g/mol. The van der Waals surface area contributed by atoms with Crippen molar-refractivity contribution in [2.45, 2.75) is 0 Å². The molecule has 0 saturated carbocycles. The van der Waals surface area contributed by atoms with Crippen molar-refractivity contribution < 1.29 is 0 Å². The van der Waals surface area contributed by atoms with Gasteiger partial charge in [-0.15, -0.1) is 0 Å². The maximum absolute atomic E-state index is 5.87. The van der Waals surface area contributed by atoms with Gasteiger partial charge in [0.25, 0.3) is 0 Å². The third-order valence-corrected chi connectivity index (χ3v) is 3.17. The van der Waals surface area contributed by atoms with Crippen LogP contribution < -0.4 is 10.6 Å². The Bertz CT molecular complexity index is 282. The molecule has 2 nitrogen and oxygen atoms in total. The Kier molecular flexibility index (Phi) is 2.64. The molecule has 1 heterocycles. The van der Waals surface area contributed by atoms with Crippen LogP contribution in [-0.4, -0.2) is 24.6 Å². The van der Waals surface area contributed by atoms with Gasteiger partial charge in [0.1, 0.15) is 0 Å². The monoisotopic (exact) mass is 193 g/mol. The highest BCUT2D eigenvalue weighted by Gasteiger charge is 2.12. The highest BCUT2D eigenvalue weighted by molar-refractivity contribution is 7.99. The van der Waals surface area contributed by atoms with Gasteiger partial charge in [0, 0.05) is 24.6 Å². The molecule has 0 atom stereocenters. The van der Waals surface area contributed by atoms with E-state index in [9.17, 15) is 0 Å². The van der Waals surface area contributed by atoms with E-state index >= 15 is 0 Å². The fourth-order valence-corrected chi connectivity index (χ4v) is 2.43. The Labute approximate surface area is 83.1 Å². The fourth-order valence-electron chi connectivity index (χ4n) is 1.53. The van der Waals surface area contributed by atoms with E-state index < -0.39 is 0 Å². The lowest BCUT2D eigenvalue weighted by molar-refractivity contribution is 0.860. The van der Waals surface area contributed by atoms with Crippen LogP contribution in [0.15, 0.2) is 18.2 Å². The zero-order valence-corrected chi connectivity index (χ0v) is 8.31. The molecule has 3 heteroatoms. The molecule has 1 fully saturated rings. The quantitative estimate of drug-likeness (QED) is 0.687. The first-order chi connectivity index (χ1) is 6.38. The second-order valence-corrected chi connectivity index (χ2v) is 4.31. The summed E-state index contributed by atoms with van der Waals surface area (Å²) in [5.74, 6) is 2.41. The summed E-state index contributed by atoms with van der Waals surface area (Å²) in [6.45, 7) is 2.22. The molecule has 0 unspecified atom stereocenters. The van der Waals surface area contributed by atoms with Crippen LogP contribution in [0, 0.1) is 6.07 Å². The number of hydrogen-bond acceptors (Lipinski definition) is 3. The third-order valence-electron chi connectivity index (χ3n) is 2.22. The summed E-state index contributed by atoms with van der Waals surface area (Å²) in [6.07, 6.45) is 0. The summed E-state index contributed by atoms with van der Waals surface area (Å²) in [6, 6.07) is 8.80. The second-order valence-electron chi connectivity index (χ2n) is 3.08. The Morgan fingerprint density at radius 3 is 2.85 bits per heavy atom. The summed E-state index contributed by atoms with van der Waals surface area (Å²) in [5, 5.41) is 0. The van der Waals surface area contributed by atoms with Crippen LogP contribution in [0.5, 0.6) is 0 Å². The lowest BCUT2D eigenvalue weighted by atomic mass is 10.2. The van der Waals surface area contributed by atoms with E-state index in [1.54, 1.807) is 0 Å². The average molecular weight is 193 g/mol. The summed E-state index contributed by atoms with van der Waals surface area (Å²) < 4.78 is 0. The van der Waals surface area contributed by atoms with Crippen LogP contribution in [0.25, 0.3) is 0 Å². The van der Waals surface area contributed by atoms with Crippen molar-refractivity contribution >= 4 is 23.1 Å². The summed E-state index contributed by atoms with van der Waals surface area (Å²) >= 11 is 2.01. The predicted octanol–water partition coefficient (Wildman–Crippen LogP) is 1.62. The highest BCUT2D eigenvalue weighted by atomic mass is 32.2. The maximum atomic E-state index is 5.87. The zero-order chi connectivity index (χ0) is 9.10. The van der Waals surface area contributed by atoms with Crippen molar-refractivity contribution in [3.63, 3.8) is 0 Å². The Hall–Kier alpha value is -0.830. The molecule has 13 heavy (non-hydrogen) atoms. The van der Waals surface area contributed by atoms with Crippen molar-refractivity contribution in [3.8, 4) is 0 Å². The topological polar surface area (TPSA) is 29.3 Å². The van der Waals surface area contributed by atoms with Gasteiger partial charge in [-0.05, 0) is 18.2 Å². The first-order valence-corrected chi connectivity index (χ1v) is 5.61. The van der Waals surface area contributed by atoms with Gasteiger partial charge in [-0.25, -0.2) is 0 Å². The molecule has 1 aromatic rings. The molecule has 69 valence electrons. The standard InChI is InChI=1S/C10H13N2S/c11-9-3-1-2-4-10(9)12-5-7-13-8-6-12/h2-4H,5-8,11H2. The molecule has 2 rings (SSSR count). The Morgan fingerprint density at radius 1 is 1.38 bits per heavy atom. The van der Waals surface area contributed by atoms with Crippen molar-refractivity contribution in [2.24, 2.45) is 0 Å². The van der Waals surface area contributed by atoms with E-state index in [-0.39, 0.29) is 0 Å². The minimum absolute atomic E-state index is 0.842. The van der Waals surface area contributed by atoms with Gasteiger partial charge in [0.15, 0.2) is 0 Å². The van der Waals surface area contributed by atoms with Gasteiger partial charge in [-0.3, -0.25) is 0 Å². The van der Waals surface area contributed by atoms with Gasteiger partial charge in [-0.2, -0.15) is 11.8 Å². The zero-order valence-electron chi connectivity index (χ0n) is 7.49. The number of anilines is 2. The van der Waals surface area contributed by atoms with Crippen LogP contribution in [0.2, 0.25) is 0 Å². The highest BCUT2D eigenvalue weighted by Crippen LogP contribution is 2.24. The molecule has 1 aromatic carbocycles. The number of nitrogens with two attached hydrogens (primary N) is 1. The average Bonchev–Trinajstić information content (AvgIpc) is 2.20. The largest absolute Gasteiger partial charge is 0.397 e. The van der Waals surface area contributed by atoms with Crippen molar-refractivity contribution in [1.29, 1.82) is 0 Å². The normalized spacial score (nSPS) is 17.4. The summed E-state index contributed by atoms with van der Waals surface area (Å²) in [5.41, 5.74) is 7.88.